The fraction of sp³-hybridized carbons (Fsp3) is 0.500. The molecule has 0 saturated carbocycles. The number of thioether (sulfide) groups is 1. The van der Waals surface area contributed by atoms with Crippen LogP contribution in [0.5, 0.6) is 0 Å². The highest BCUT2D eigenvalue weighted by Gasteiger charge is 2.24. The summed E-state index contributed by atoms with van der Waals surface area (Å²) in [5, 5.41) is 10.9. The third-order valence-electron chi connectivity index (χ3n) is 4.12. The van der Waals surface area contributed by atoms with Gasteiger partial charge in [-0.15, -0.1) is 21.5 Å². The molecule has 3 aromatic heterocycles. The van der Waals surface area contributed by atoms with E-state index in [2.05, 4.69) is 21.5 Å². The Morgan fingerprint density at radius 1 is 1.35 bits per heavy atom. The first kappa shape index (κ1) is 12.6. The number of hydrogen-bond donors (Lipinski definition) is 0. The van der Waals surface area contributed by atoms with Crippen molar-refractivity contribution >= 4 is 39.0 Å². The predicted molar refractivity (Wildman–Crippen MR) is 83.9 cm³/mol. The van der Waals surface area contributed by atoms with Gasteiger partial charge in [-0.3, -0.25) is 4.40 Å². The molecule has 0 aliphatic heterocycles. The van der Waals surface area contributed by atoms with Crippen molar-refractivity contribution in [3.05, 3.63) is 16.3 Å². The van der Waals surface area contributed by atoms with Crippen LogP contribution in [0.25, 0.3) is 15.9 Å². The summed E-state index contributed by atoms with van der Waals surface area (Å²) < 4.78 is 2.10. The van der Waals surface area contributed by atoms with E-state index in [9.17, 15) is 0 Å². The Bertz CT molecular complexity index is 818. The molecular formula is C14H16N4S2. The zero-order valence-corrected chi connectivity index (χ0v) is 13.4. The lowest BCUT2D eigenvalue weighted by Gasteiger charge is -2.17. The number of aromatic nitrogens is 4. The Hall–Kier alpha value is -1.14. The first-order chi connectivity index (χ1) is 9.69. The summed E-state index contributed by atoms with van der Waals surface area (Å²) in [5.41, 5.74) is 2.46. The largest absolute Gasteiger partial charge is 0.257 e. The molecule has 0 aromatic carbocycles. The summed E-state index contributed by atoms with van der Waals surface area (Å²) in [6.45, 7) is 4.38. The van der Waals surface area contributed by atoms with E-state index < -0.39 is 0 Å². The molecule has 1 aliphatic carbocycles. The van der Waals surface area contributed by atoms with E-state index in [1.165, 1.54) is 28.7 Å². The number of thiophene rings is 1. The molecule has 3 aromatic rings. The van der Waals surface area contributed by atoms with Crippen LogP contribution in [0.15, 0.2) is 5.16 Å². The predicted octanol–water partition coefficient (Wildman–Crippen LogP) is 3.49. The van der Waals surface area contributed by atoms with E-state index in [4.69, 9.17) is 4.98 Å². The van der Waals surface area contributed by atoms with E-state index in [1.54, 1.807) is 11.8 Å². The van der Waals surface area contributed by atoms with Crippen LogP contribution in [0.3, 0.4) is 0 Å². The van der Waals surface area contributed by atoms with E-state index in [1.807, 2.05) is 24.5 Å². The third-order valence-corrected chi connectivity index (χ3v) is 5.90. The van der Waals surface area contributed by atoms with Gasteiger partial charge in [0.1, 0.15) is 10.7 Å². The van der Waals surface area contributed by atoms with Crippen molar-refractivity contribution < 1.29 is 0 Å². The zero-order valence-electron chi connectivity index (χ0n) is 11.8. The molecule has 1 unspecified atom stereocenters. The Morgan fingerprint density at radius 2 is 2.20 bits per heavy atom. The summed E-state index contributed by atoms with van der Waals surface area (Å²) in [6.07, 6.45) is 5.64. The molecule has 0 spiro atoms. The molecule has 104 valence electrons. The van der Waals surface area contributed by atoms with Crippen molar-refractivity contribution in [3.63, 3.8) is 0 Å². The van der Waals surface area contributed by atoms with Gasteiger partial charge in [0, 0.05) is 4.88 Å². The van der Waals surface area contributed by atoms with Gasteiger partial charge in [0.2, 0.25) is 0 Å². The normalized spacial score (nSPS) is 18.9. The monoisotopic (exact) mass is 304 g/mol. The minimum atomic E-state index is 0.785. The minimum Gasteiger partial charge on any atom is -0.257 e. The highest BCUT2D eigenvalue weighted by molar-refractivity contribution is 7.98. The summed E-state index contributed by atoms with van der Waals surface area (Å²) in [6, 6.07) is 0. The number of nitrogens with zero attached hydrogens (tertiary/aromatic N) is 4. The van der Waals surface area contributed by atoms with Gasteiger partial charge in [0.15, 0.2) is 10.8 Å². The maximum atomic E-state index is 4.80. The molecule has 4 rings (SSSR count). The molecule has 4 nitrogen and oxygen atoms in total. The van der Waals surface area contributed by atoms with Gasteiger partial charge in [-0.1, -0.05) is 18.7 Å². The Kier molecular flexibility index (Phi) is 2.79. The zero-order chi connectivity index (χ0) is 13.9. The van der Waals surface area contributed by atoms with Gasteiger partial charge in [-0.05, 0) is 43.9 Å². The van der Waals surface area contributed by atoms with Gasteiger partial charge >= 0.3 is 0 Å². The first-order valence-corrected chi connectivity index (χ1v) is 8.93. The van der Waals surface area contributed by atoms with Crippen molar-refractivity contribution in [1.29, 1.82) is 0 Å². The van der Waals surface area contributed by atoms with Gasteiger partial charge < -0.3 is 0 Å². The smallest absolute Gasteiger partial charge is 0.196 e. The second kappa shape index (κ2) is 4.43. The number of aryl methyl sites for hydroxylation is 2. The molecule has 0 saturated heterocycles. The molecule has 0 fully saturated rings. The Morgan fingerprint density at radius 3 is 3.00 bits per heavy atom. The second-order valence-electron chi connectivity index (χ2n) is 5.54. The lowest BCUT2D eigenvalue weighted by molar-refractivity contribution is 0.509. The van der Waals surface area contributed by atoms with E-state index >= 15 is 0 Å². The van der Waals surface area contributed by atoms with Crippen LogP contribution < -0.4 is 0 Å². The molecule has 20 heavy (non-hydrogen) atoms. The van der Waals surface area contributed by atoms with Crippen LogP contribution in [0.1, 0.15) is 29.6 Å². The van der Waals surface area contributed by atoms with Crippen molar-refractivity contribution in [1.82, 2.24) is 19.6 Å². The van der Waals surface area contributed by atoms with Crippen LogP contribution in [0.2, 0.25) is 0 Å². The molecule has 0 bridgehead atoms. The molecule has 1 atom stereocenters. The second-order valence-corrected chi connectivity index (χ2v) is 7.39. The van der Waals surface area contributed by atoms with E-state index in [0.717, 1.165) is 33.8 Å². The molecule has 3 heterocycles. The Labute approximate surface area is 125 Å². The Balaban J connectivity index is 2.11. The van der Waals surface area contributed by atoms with Crippen LogP contribution in [-0.4, -0.2) is 25.8 Å². The van der Waals surface area contributed by atoms with Gasteiger partial charge in [-0.25, -0.2) is 4.98 Å². The summed E-state index contributed by atoms with van der Waals surface area (Å²) in [7, 11) is 0. The lowest BCUT2D eigenvalue weighted by atomic mass is 9.89. The first-order valence-electron chi connectivity index (χ1n) is 6.89. The van der Waals surface area contributed by atoms with E-state index in [-0.39, 0.29) is 0 Å². The summed E-state index contributed by atoms with van der Waals surface area (Å²) >= 11 is 3.47. The van der Waals surface area contributed by atoms with Gasteiger partial charge in [0.25, 0.3) is 0 Å². The molecule has 1 aliphatic rings. The molecule has 0 N–H and O–H groups in total. The average molecular weight is 304 g/mol. The average Bonchev–Trinajstić information content (AvgIpc) is 2.98. The number of fused-ring (bicyclic) bond motifs is 5. The fourth-order valence-corrected chi connectivity index (χ4v) is 5.04. The standard InChI is InChI=1S/C14H16N4S2/c1-7-4-5-9-10(6-7)20-13-11(9)12-16-17-14(19-3)18(12)8(2)15-13/h7H,4-6H2,1-3H3. The van der Waals surface area contributed by atoms with Crippen LogP contribution >= 0.6 is 23.1 Å². The maximum absolute atomic E-state index is 4.80. The van der Waals surface area contributed by atoms with Crippen molar-refractivity contribution in [2.24, 2.45) is 5.92 Å². The van der Waals surface area contributed by atoms with Crippen molar-refractivity contribution in [3.8, 4) is 0 Å². The molecular weight excluding hydrogens is 288 g/mol. The SMILES string of the molecule is CSc1nnc2c3c4c(sc3nc(C)n12)CC(C)CC4. The topological polar surface area (TPSA) is 43.1 Å². The van der Waals surface area contributed by atoms with Gasteiger partial charge in [-0.2, -0.15) is 0 Å². The highest BCUT2D eigenvalue weighted by atomic mass is 32.2. The number of rotatable bonds is 1. The van der Waals surface area contributed by atoms with Crippen LogP contribution in [-0.2, 0) is 12.8 Å². The molecule has 0 amide bonds. The van der Waals surface area contributed by atoms with Crippen molar-refractivity contribution in [2.75, 3.05) is 6.26 Å². The van der Waals surface area contributed by atoms with Crippen LogP contribution in [0, 0.1) is 12.8 Å². The maximum Gasteiger partial charge on any atom is 0.196 e. The lowest BCUT2D eigenvalue weighted by Crippen LogP contribution is -2.08. The van der Waals surface area contributed by atoms with Crippen molar-refractivity contribution in [2.45, 2.75) is 38.3 Å². The third kappa shape index (κ3) is 1.64. The summed E-state index contributed by atoms with van der Waals surface area (Å²) in [5.74, 6) is 1.76. The van der Waals surface area contributed by atoms with Gasteiger partial charge in [0.05, 0.1) is 5.39 Å². The minimum absolute atomic E-state index is 0.785. The molecule has 0 radical (unpaired) electrons. The van der Waals surface area contributed by atoms with E-state index in [0.29, 0.717) is 0 Å². The fourth-order valence-electron chi connectivity index (χ4n) is 3.10. The highest BCUT2D eigenvalue weighted by Crippen LogP contribution is 2.39. The number of hydrogen-bond acceptors (Lipinski definition) is 5. The summed E-state index contributed by atoms with van der Waals surface area (Å²) in [4.78, 5) is 7.44. The quantitative estimate of drug-likeness (QED) is 0.645. The molecule has 6 heteroatoms. The van der Waals surface area contributed by atoms with Crippen LogP contribution in [0.4, 0.5) is 0 Å².